The van der Waals surface area contributed by atoms with Crippen molar-refractivity contribution in [3.8, 4) is 0 Å². The number of nitrogens with two attached hydrogens (primary N) is 1. The zero-order chi connectivity index (χ0) is 28.5. The molecule has 0 bridgehead atoms. The van der Waals surface area contributed by atoms with Gasteiger partial charge in [0.25, 0.3) is 0 Å². The van der Waals surface area contributed by atoms with Crippen LogP contribution in [-0.2, 0) is 43.0 Å². The second-order valence-electron chi connectivity index (χ2n) is 8.10. The molecule has 0 aromatic heterocycles. The van der Waals surface area contributed by atoms with E-state index in [1.807, 2.05) is 0 Å². The first-order chi connectivity index (χ1) is 17.4. The zero-order valence-electron chi connectivity index (χ0n) is 21.6. The number of rotatable bonds is 17. The van der Waals surface area contributed by atoms with Crippen LogP contribution in [0.5, 0.6) is 0 Å². The Hall–Kier alpha value is -3.81. The van der Waals surface area contributed by atoms with Gasteiger partial charge < -0.3 is 41.3 Å². The highest BCUT2D eigenvalue weighted by Crippen LogP contribution is 2.04. The second-order valence-corrected chi connectivity index (χ2v) is 8.10. The first-order valence-electron chi connectivity index (χ1n) is 11.6. The molecule has 14 heteroatoms. The molecule has 0 aliphatic heterocycles. The van der Waals surface area contributed by atoms with E-state index in [2.05, 4.69) is 32.6 Å². The van der Waals surface area contributed by atoms with E-state index >= 15 is 0 Å². The summed E-state index contributed by atoms with van der Waals surface area (Å²) in [6.45, 7) is 7.11. The molecule has 0 radical (unpaired) electrons. The van der Waals surface area contributed by atoms with Crippen LogP contribution in [0.4, 0.5) is 0 Å². The minimum atomic E-state index is -1.34. The summed E-state index contributed by atoms with van der Waals surface area (Å²) < 4.78 is 9.47. The Morgan fingerprint density at radius 1 is 0.946 bits per heavy atom. The predicted molar refractivity (Wildman–Crippen MR) is 130 cm³/mol. The molecular weight excluding hydrogens is 490 g/mol. The van der Waals surface area contributed by atoms with Crippen molar-refractivity contribution in [2.45, 2.75) is 70.6 Å². The van der Waals surface area contributed by atoms with E-state index in [4.69, 9.17) is 10.5 Å². The van der Waals surface area contributed by atoms with Crippen molar-refractivity contribution in [2.24, 2.45) is 5.73 Å². The van der Waals surface area contributed by atoms with Crippen molar-refractivity contribution in [1.29, 1.82) is 0 Å². The number of carbonyl (C=O) groups is 7. The Morgan fingerprint density at radius 3 is 2.08 bits per heavy atom. The highest BCUT2D eigenvalue weighted by atomic mass is 16.5. The summed E-state index contributed by atoms with van der Waals surface area (Å²) in [5.74, 6) is -4.70. The van der Waals surface area contributed by atoms with Crippen LogP contribution in [0.3, 0.4) is 0 Å². The Morgan fingerprint density at radius 2 is 1.57 bits per heavy atom. The second kappa shape index (κ2) is 17.6. The molecule has 0 aliphatic carbocycles. The molecule has 0 heterocycles. The van der Waals surface area contributed by atoms with E-state index in [0.29, 0.717) is 0 Å². The molecule has 0 aromatic rings. The van der Waals surface area contributed by atoms with Gasteiger partial charge in [0.2, 0.25) is 23.6 Å². The fraction of sp³-hybridized carbons (Fsp3) is 0.609. The van der Waals surface area contributed by atoms with Crippen molar-refractivity contribution in [2.75, 3.05) is 20.3 Å². The molecule has 0 aliphatic rings. The van der Waals surface area contributed by atoms with Crippen LogP contribution in [0.2, 0.25) is 0 Å². The molecule has 4 atom stereocenters. The van der Waals surface area contributed by atoms with Gasteiger partial charge in [-0.25, -0.2) is 4.79 Å². The van der Waals surface area contributed by atoms with E-state index in [9.17, 15) is 33.6 Å². The molecule has 0 rings (SSSR count). The molecule has 14 nitrogen and oxygen atoms in total. The van der Waals surface area contributed by atoms with Gasteiger partial charge in [0.15, 0.2) is 0 Å². The van der Waals surface area contributed by atoms with E-state index < -0.39 is 72.7 Å². The fourth-order valence-corrected chi connectivity index (χ4v) is 2.76. The predicted octanol–water partition coefficient (Wildman–Crippen LogP) is -2.02. The minimum Gasteiger partial charge on any atom is -0.469 e. The number of carbonyl (C=O) groups excluding carboxylic acids is 7. The van der Waals surface area contributed by atoms with E-state index in [1.165, 1.54) is 19.9 Å². The SMILES string of the molecule is C=CCOC(=O)C(CCC(C)=O)NC(=O)C(CC)NC(=O)CNC(=O)C(CC(=O)OC)NC(=O)C(C)N. The van der Waals surface area contributed by atoms with Crippen LogP contribution in [0.25, 0.3) is 0 Å². The van der Waals surface area contributed by atoms with Crippen LogP contribution in [0, 0.1) is 0 Å². The maximum absolute atomic E-state index is 12.7. The average Bonchev–Trinajstić information content (AvgIpc) is 2.85. The summed E-state index contributed by atoms with van der Waals surface area (Å²) in [7, 11) is 1.11. The van der Waals surface area contributed by atoms with Crippen LogP contribution < -0.4 is 27.0 Å². The molecule has 0 aromatic carbocycles. The van der Waals surface area contributed by atoms with Crippen molar-refractivity contribution >= 4 is 41.4 Å². The summed E-state index contributed by atoms with van der Waals surface area (Å²) >= 11 is 0. The summed E-state index contributed by atoms with van der Waals surface area (Å²) in [6.07, 6.45) is 1.03. The van der Waals surface area contributed by atoms with Crippen LogP contribution in [0.15, 0.2) is 12.7 Å². The van der Waals surface area contributed by atoms with Gasteiger partial charge in [-0.1, -0.05) is 19.6 Å². The Kier molecular flexibility index (Phi) is 15.8. The molecule has 37 heavy (non-hydrogen) atoms. The number of ether oxygens (including phenoxy) is 2. The Labute approximate surface area is 215 Å². The molecule has 4 unspecified atom stereocenters. The summed E-state index contributed by atoms with van der Waals surface area (Å²) in [5, 5.41) is 9.46. The monoisotopic (exact) mass is 527 g/mol. The van der Waals surface area contributed by atoms with Crippen molar-refractivity contribution in [3.63, 3.8) is 0 Å². The molecule has 0 spiro atoms. The lowest BCUT2D eigenvalue weighted by molar-refractivity contribution is -0.147. The van der Waals surface area contributed by atoms with Gasteiger partial charge >= 0.3 is 11.9 Å². The Balaban J connectivity index is 5.13. The number of esters is 2. The zero-order valence-corrected chi connectivity index (χ0v) is 21.6. The smallest absolute Gasteiger partial charge is 0.328 e. The largest absolute Gasteiger partial charge is 0.469 e. The van der Waals surface area contributed by atoms with E-state index in [-0.39, 0.29) is 31.7 Å². The first-order valence-corrected chi connectivity index (χ1v) is 11.6. The van der Waals surface area contributed by atoms with Crippen molar-refractivity contribution < 1.29 is 43.0 Å². The number of Topliss-reactive ketones (excluding diaryl/α,β-unsaturated/α-hetero) is 1. The third-order valence-electron chi connectivity index (χ3n) is 4.86. The summed E-state index contributed by atoms with van der Waals surface area (Å²) in [5.41, 5.74) is 5.47. The van der Waals surface area contributed by atoms with Crippen molar-refractivity contribution in [1.82, 2.24) is 21.3 Å². The highest BCUT2D eigenvalue weighted by Gasteiger charge is 2.28. The maximum Gasteiger partial charge on any atom is 0.328 e. The van der Waals surface area contributed by atoms with Gasteiger partial charge in [0.1, 0.15) is 30.5 Å². The maximum atomic E-state index is 12.7. The Bertz CT molecular complexity index is 860. The summed E-state index contributed by atoms with van der Waals surface area (Å²) in [6, 6.07) is -4.48. The van der Waals surface area contributed by atoms with Gasteiger partial charge in [0.05, 0.1) is 26.1 Å². The lowest BCUT2D eigenvalue weighted by Crippen LogP contribution is -2.55. The third-order valence-corrected chi connectivity index (χ3v) is 4.86. The molecule has 0 fully saturated rings. The van der Waals surface area contributed by atoms with Crippen LogP contribution >= 0.6 is 0 Å². The van der Waals surface area contributed by atoms with E-state index in [0.717, 1.165) is 7.11 Å². The number of nitrogens with one attached hydrogen (secondary N) is 4. The third kappa shape index (κ3) is 13.8. The number of amides is 4. The molecule has 4 amide bonds. The van der Waals surface area contributed by atoms with Gasteiger partial charge in [-0.15, -0.1) is 0 Å². The van der Waals surface area contributed by atoms with Gasteiger partial charge in [-0.3, -0.25) is 24.0 Å². The van der Waals surface area contributed by atoms with Crippen LogP contribution in [0.1, 0.15) is 46.5 Å². The highest BCUT2D eigenvalue weighted by molar-refractivity contribution is 5.95. The normalized spacial score (nSPS) is 13.5. The number of methoxy groups -OCH3 is 1. The van der Waals surface area contributed by atoms with Crippen LogP contribution in [-0.4, -0.2) is 85.8 Å². The number of hydrogen-bond donors (Lipinski definition) is 5. The van der Waals surface area contributed by atoms with Gasteiger partial charge in [-0.05, 0) is 26.7 Å². The lowest BCUT2D eigenvalue weighted by atomic mass is 10.1. The lowest BCUT2D eigenvalue weighted by Gasteiger charge is -2.22. The first kappa shape index (κ1) is 33.2. The van der Waals surface area contributed by atoms with E-state index in [1.54, 1.807) is 6.92 Å². The molecule has 0 saturated carbocycles. The van der Waals surface area contributed by atoms with Gasteiger partial charge in [-0.2, -0.15) is 0 Å². The topological polar surface area (TPSA) is 212 Å². The average molecular weight is 528 g/mol. The quantitative estimate of drug-likeness (QED) is 0.103. The minimum absolute atomic E-state index is 0.00616. The molecule has 0 saturated heterocycles. The number of hydrogen-bond acceptors (Lipinski definition) is 10. The molecule has 6 N–H and O–H groups in total. The standard InChI is InChI=1S/C23H37N5O9/c1-6-10-37-23(35)16(9-8-13(3)29)27-22(34)15(7-2)26-18(30)12-25-21(33)17(11-19(31)36-5)28-20(32)14(4)24/h6,14-17H,1,7-12,24H2,2-5H3,(H,25,33)(H,26,30)(H,27,34)(H,28,32). The molecule has 208 valence electrons. The fourth-order valence-electron chi connectivity index (χ4n) is 2.76. The summed E-state index contributed by atoms with van der Waals surface area (Å²) in [4.78, 5) is 84.5. The molecular formula is C23H37N5O9. The van der Waals surface area contributed by atoms with Gasteiger partial charge in [0, 0.05) is 6.42 Å². The number of ketones is 1. The van der Waals surface area contributed by atoms with Crippen molar-refractivity contribution in [3.05, 3.63) is 12.7 Å².